The number of carbonyl (C=O) groups is 8. The van der Waals surface area contributed by atoms with E-state index < -0.39 is 123 Å². The number of carboxylic acid groups (broad SMARTS) is 4. The fourth-order valence-electron chi connectivity index (χ4n) is 3.20. The third-order valence-electron chi connectivity index (χ3n) is 5.17. The zero-order valence-corrected chi connectivity index (χ0v) is 19.0. The smallest absolute Gasteiger partial charge is 0.326 e. The lowest BCUT2D eigenvalue weighted by Gasteiger charge is -2.19. The van der Waals surface area contributed by atoms with Crippen molar-refractivity contribution in [3.63, 3.8) is 0 Å². The molecule has 0 aliphatic carbocycles. The Hall–Kier alpha value is -4.24. The van der Waals surface area contributed by atoms with E-state index in [1.54, 1.807) is 0 Å². The Morgan fingerprint density at radius 2 is 0.611 bits per heavy atom. The van der Waals surface area contributed by atoms with E-state index in [2.05, 4.69) is 21.3 Å². The molecule has 1 fully saturated rings. The minimum Gasteiger partial charge on any atom is -0.480 e. The standard InChI is InChI=1S/C20H28N4O12/c25-13-5-1-9(17(29)30)21-14(26)6-2-11(19(33)34)23-16(28)8-4-12(20(35)36)24-15(27)7-3-10(22-13)18(31)32/h9-12H,1-8H2,(H,21,26)(H,22,25)(H,23,28)(H,24,27)(H,29,30)(H,31,32)(H,33,34)(H,35,36)/t9-,10-,11?,12+/m0/s1. The summed E-state index contributed by atoms with van der Waals surface area (Å²) in [4.78, 5) is 94.2. The molecule has 4 atom stereocenters. The van der Waals surface area contributed by atoms with Crippen LogP contribution in [0.15, 0.2) is 0 Å². The molecule has 0 saturated carbocycles. The highest BCUT2D eigenvalue weighted by molar-refractivity contribution is 5.88. The first-order chi connectivity index (χ1) is 16.8. The Kier molecular flexibility index (Phi) is 11.8. The summed E-state index contributed by atoms with van der Waals surface area (Å²) in [6.45, 7) is 0. The fourth-order valence-corrected chi connectivity index (χ4v) is 3.20. The van der Waals surface area contributed by atoms with Crippen molar-refractivity contribution in [2.75, 3.05) is 0 Å². The van der Waals surface area contributed by atoms with Gasteiger partial charge in [-0.05, 0) is 25.7 Å². The van der Waals surface area contributed by atoms with Crippen LogP contribution in [0.5, 0.6) is 0 Å². The van der Waals surface area contributed by atoms with Gasteiger partial charge in [0.05, 0.1) is 0 Å². The lowest BCUT2D eigenvalue weighted by molar-refractivity contribution is -0.144. The molecule has 1 heterocycles. The van der Waals surface area contributed by atoms with E-state index in [1.807, 2.05) is 0 Å². The van der Waals surface area contributed by atoms with Gasteiger partial charge in [0.15, 0.2) is 0 Å². The van der Waals surface area contributed by atoms with Crippen molar-refractivity contribution in [2.24, 2.45) is 0 Å². The maximum Gasteiger partial charge on any atom is 0.326 e. The van der Waals surface area contributed by atoms with E-state index in [0.717, 1.165) is 0 Å². The second-order valence-electron chi connectivity index (χ2n) is 7.99. The lowest BCUT2D eigenvalue weighted by Crippen LogP contribution is -2.46. The second kappa shape index (κ2) is 14.2. The number of carbonyl (C=O) groups excluding carboxylic acids is 4. The van der Waals surface area contributed by atoms with Crippen molar-refractivity contribution < 1.29 is 58.8 Å². The quantitative estimate of drug-likeness (QED) is 0.191. The van der Waals surface area contributed by atoms with Crippen LogP contribution in [0, 0.1) is 0 Å². The number of nitrogens with one attached hydrogen (secondary N) is 4. The van der Waals surface area contributed by atoms with Crippen LogP contribution in [0.25, 0.3) is 0 Å². The molecule has 8 N–H and O–H groups in total. The van der Waals surface area contributed by atoms with Gasteiger partial charge >= 0.3 is 23.9 Å². The van der Waals surface area contributed by atoms with Gasteiger partial charge in [0, 0.05) is 25.7 Å². The Labute approximate surface area is 203 Å². The number of aliphatic carboxylic acids is 4. The summed E-state index contributed by atoms with van der Waals surface area (Å²) in [5, 5.41) is 45.7. The molecular formula is C20H28N4O12. The maximum atomic E-state index is 12.1. The second-order valence-corrected chi connectivity index (χ2v) is 7.99. The van der Waals surface area contributed by atoms with Crippen molar-refractivity contribution in [1.29, 1.82) is 0 Å². The van der Waals surface area contributed by atoms with Crippen LogP contribution in [0.3, 0.4) is 0 Å². The summed E-state index contributed by atoms with van der Waals surface area (Å²) < 4.78 is 0. The molecule has 16 heteroatoms. The molecule has 0 aromatic carbocycles. The van der Waals surface area contributed by atoms with Crippen molar-refractivity contribution in [3.05, 3.63) is 0 Å². The molecule has 0 spiro atoms. The molecule has 1 saturated heterocycles. The average Bonchev–Trinajstić information content (AvgIpc) is 2.78. The first-order valence-corrected chi connectivity index (χ1v) is 10.9. The molecule has 1 unspecified atom stereocenters. The van der Waals surface area contributed by atoms with Crippen molar-refractivity contribution >= 4 is 47.5 Å². The van der Waals surface area contributed by atoms with Crippen LogP contribution >= 0.6 is 0 Å². The SMILES string of the molecule is O=C1CC[C@H](C(=O)O)NC(=O)CC[C@@H](C(=O)O)NC(=O)CC[C@@H](C(=O)O)NC(=O)CCC(C(=O)O)N1. The highest BCUT2D eigenvalue weighted by atomic mass is 16.4. The third kappa shape index (κ3) is 10.8. The van der Waals surface area contributed by atoms with Crippen LogP contribution in [-0.2, 0) is 38.4 Å². The predicted octanol–water partition coefficient (Wildman–Crippen LogP) is -2.60. The fraction of sp³-hybridized carbons (Fsp3) is 0.600. The molecule has 16 nitrogen and oxygen atoms in total. The van der Waals surface area contributed by atoms with Gasteiger partial charge in [-0.3, -0.25) is 19.2 Å². The summed E-state index contributed by atoms with van der Waals surface area (Å²) in [6.07, 6.45) is -3.66. The summed E-state index contributed by atoms with van der Waals surface area (Å²) in [5.74, 6) is -9.41. The minimum absolute atomic E-state index is 0.418. The van der Waals surface area contributed by atoms with Gasteiger partial charge in [-0.2, -0.15) is 0 Å². The lowest BCUT2D eigenvalue weighted by atomic mass is 10.1. The molecular weight excluding hydrogens is 488 g/mol. The first-order valence-electron chi connectivity index (χ1n) is 10.9. The van der Waals surface area contributed by atoms with Crippen LogP contribution in [0.4, 0.5) is 0 Å². The normalized spacial score (nSPS) is 25.8. The molecule has 0 aromatic heterocycles. The topological polar surface area (TPSA) is 266 Å². The molecule has 1 aliphatic rings. The number of hydrogen-bond acceptors (Lipinski definition) is 8. The van der Waals surface area contributed by atoms with E-state index in [0.29, 0.717) is 0 Å². The Morgan fingerprint density at radius 1 is 0.444 bits per heavy atom. The Balaban J connectivity index is 3.08. The average molecular weight is 516 g/mol. The van der Waals surface area contributed by atoms with Crippen LogP contribution in [0.2, 0.25) is 0 Å². The molecule has 4 amide bonds. The van der Waals surface area contributed by atoms with Crippen LogP contribution < -0.4 is 21.3 Å². The van der Waals surface area contributed by atoms with Crippen LogP contribution in [0.1, 0.15) is 51.4 Å². The first kappa shape index (κ1) is 29.8. The van der Waals surface area contributed by atoms with Crippen molar-refractivity contribution in [3.8, 4) is 0 Å². The number of hydrogen-bond donors (Lipinski definition) is 8. The summed E-state index contributed by atoms with van der Waals surface area (Å²) in [6, 6.07) is -6.13. The van der Waals surface area contributed by atoms with E-state index in [1.165, 1.54) is 0 Å². The van der Waals surface area contributed by atoms with E-state index in [4.69, 9.17) is 0 Å². The molecule has 0 radical (unpaired) electrons. The predicted molar refractivity (Wildman–Crippen MR) is 115 cm³/mol. The highest BCUT2D eigenvalue weighted by Gasteiger charge is 2.28. The highest BCUT2D eigenvalue weighted by Crippen LogP contribution is 2.07. The van der Waals surface area contributed by atoms with Crippen molar-refractivity contribution in [2.45, 2.75) is 75.5 Å². The maximum absolute atomic E-state index is 12.1. The number of rotatable bonds is 4. The van der Waals surface area contributed by atoms with Gasteiger partial charge in [0.1, 0.15) is 24.2 Å². The van der Waals surface area contributed by atoms with E-state index in [9.17, 15) is 58.8 Å². The van der Waals surface area contributed by atoms with Crippen LogP contribution in [-0.4, -0.2) is 92.1 Å². The summed E-state index contributed by atoms with van der Waals surface area (Å²) in [5.41, 5.74) is 0. The molecule has 0 aromatic rings. The molecule has 1 rings (SSSR count). The summed E-state index contributed by atoms with van der Waals surface area (Å²) in [7, 11) is 0. The zero-order valence-electron chi connectivity index (χ0n) is 19.0. The largest absolute Gasteiger partial charge is 0.480 e. The summed E-state index contributed by atoms with van der Waals surface area (Å²) >= 11 is 0. The molecule has 1 aliphatic heterocycles. The Morgan fingerprint density at radius 3 is 0.750 bits per heavy atom. The van der Waals surface area contributed by atoms with E-state index >= 15 is 0 Å². The minimum atomic E-state index is -1.53. The van der Waals surface area contributed by atoms with Gasteiger partial charge in [-0.25, -0.2) is 19.2 Å². The zero-order chi connectivity index (χ0) is 27.4. The van der Waals surface area contributed by atoms with Gasteiger partial charge in [0.2, 0.25) is 23.6 Å². The number of carboxylic acids is 4. The molecule has 0 bridgehead atoms. The Bertz CT molecular complexity index is 761. The monoisotopic (exact) mass is 516 g/mol. The van der Waals surface area contributed by atoms with E-state index in [-0.39, 0.29) is 0 Å². The van der Waals surface area contributed by atoms with Gasteiger partial charge in [-0.1, -0.05) is 0 Å². The van der Waals surface area contributed by atoms with Gasteiger partial charge < -0.3 is 41.7 Å². The van der Waals surface area contributed by atoms with Gasteiger partial charge in [-0.15, -0.1) is 0 Å². The van der Waals surface area contributed by atoms with Crippen molar-refractivity contribution in [1.82, 2.24) is 21.3 Å². The van der Waals surface area contributed by atoms with Gasteiger partial charge in [0.25, 0.3) is 0 Å². The number of amides is 4. The molecule has 36 heavy (non-hydrogen) atoms. The third-order valence-corrected chi connectivity index (χ3v) is 5.17. The molecule has 200 valence electrons.